The van der Waals surface area contributed by atoms with Crippen LogP contribution in [0.4, 0.5) is 5.69 Å². The summed E-state index contributed by atoms with van der Waals surface area (Å²) in [5.41, 5.74) is 1.46. The second kappa shape index (κ2) is 6.79. The molecule has 2 unspecified atom stereocenters. The van der Waals surface area contributed by atoms with Crippen molar-refractivity contribution in [2.75, 3.05) is 11.9 Å². The fourth-order valence-corrected chi connectivity index (χ4v) is 1.66. The van der Waals surface area contributed by atoms with Gasteiger partial charge in [-0.25, -0.2) is 0 Å². The van der Waals surface area contributed by atoms with Crippen molar-refractivity contribution in [2.45, 2.75) is 39.3 Å². The number of hydrogen-bond acceptors (Lipinski definition) is 3. The first-order chi connectivity index (χ1) is 8.99. The summed E-state index contributed by atoms with van der Waals surface area (Å²) in [5.74, 6) is -0.000731. The second-order valence-corrected chi connectivity index (χ2v) is 4.77. The maximum Gasteiger partial charge on any atom is 0.242 e. The Morgan fingerprint density at radius 2 is 2.16 bits per heavy atom. The van der Waals surface area contributed by atoms with Gasteiger partial charge in [-0.3, -0.25) is 4.79 Å². The number of benzene rings is 1. The van der Waals surface area contributed by atoms with E-state index >= 15 is 0 Å². The highest BCUT2D eigenvalue weighted by molar-refractivity contribution is 5.85. The van der Waals surface area contributed by atoms with Gasteiger partial charge < -0.3 is 10.2 Å². The van der Waals surface area contributed by atoms with E-state index in [1.54, 1.807) is 12.1 Å². The Hall–Kier alpha value is -2.02. The summed E-state index contributed by atoms with van der Waals surface area (Å²) in [6.45, 7) is 5.88. The minimum atomic E-state index is -0.275. The van der Waals surface area contributed by atoms with Crippen LogP contribution >= 0.6 is 0 Å². The van der Waals surface area contributed by atoms with E-state index in [0.717, 1.165) is 12.1 Å². The van der Waals surface area contributed by atoms with E-state index in [1.807, 2.05) is 44.9 Å². The molecule has 1 aromatic rings. The minimum Gasteiger partial charge on any atom is -0.363 e. The number of nitrogens with zero attached hydrogens (tertiary/aromatic N) is 2. The summed E-state index contributed by atoms with van der Waals surface area (Å²) in [4.78, 5) is 13.9. The maximum atomic E-state index is 12.1. The predicted octanol–water partition coefficient (Wildman–Crippen LogP) is 2.30. The molecule has 0 spiro atoms. The minimum absolute atomic E-state index is 0.000731. The molecular formula is C15H21N3O. The topological polar surface area (TPSA) is 56.1 Å². The zero-order valence-corrected chi connectivity index (χ0v) is 12.0. The molecule has 4 nitrogen and oxygen atoms in total. The summed E-state index contributed by atoms with van der Waals surface area (Å²) in [6, 6.07) is 9.26. The summed E-state index contributed by atoms with van der Waals surface area (Å²) >= 11 is 0. The lowest BCUT2D eigenvalue weighted by Gasteiger charge is -2.27. The molecule has 0 aliphatic heterocycles. The standard InChI is InChI=1S/C15H21N3O/c1-5-11(2)17-15(19)12(3)18(4)14-8-6-7-13(9-14)10-16/h6-9,11-12H,5H2,1-4H3,(H,17,19). The summed E-state index contributed by atoms with van der Waals surface area (Å²) < 4.78 is 0. The fraction of sp³-hybridized carbons (Fsp3) is 0.467. The van der Waals surface area contributed by atoms with Gasteiger partial charge in [0, 0.05) is 18.8 Å². The third kappa shape index (κ3) is 3.99. The molecule has 0 saturated heterocycles. The highest BCUT2D eigenvalue weighted by atomic mass is 16.2. The molecule has 0 fully saturated rings. The number of likely N-dealkylation sites (N-methyl/N-ethyl adjacent to an activating group) is 1. The Balaban J connectivity index is 2.78. The molecule has 4 heteroatoms. The van der Waals surface area contributed by atoms with E-state index in [4.69, 9.17) is 5.26 Å². The monoisotopic (exact) mass is 259 g/mol. The van der Waals surface area contributed by atoms with Crippen molar-refractivity contribution in [3.63, 3.8) is 0 Å². The third-order valence-corrected chi connectivity index (χ3v) is 3.34. The van der Waals surface area contributed by atoms with Crippen LogP contribution in [-0.2, 0) is 4.79 Å². The first-order valence-electron chi connectivity index (χ1n) is 6.53. The van der Waals surface area contributed by atoms with Gasteiger partial charge in [-0.1, -0.05) is 13.0 Å². The van der Waals surface area contributed by atoms with Crippen LogP contribution in [0.2, 0.25) is 0 Å². The number of amides is 1. The average molecular weight is 259 g/mol. The van der Waals surface area contributed by atoms with Gasteiger partial charge in [-0.15, -0.1) is 0 Å². The second-order valence-electron chi connectivity index (χ2n) is 4.77. The molecule has 0 radical (unpaired) electrons. The number of carbonyl (C=O) groups excluding carboxylic acids is 1. The SMILES string of the molecule is CCC(C)NC(=O)C(C)N(C)c1cccc(C#N)c1. The third-order valence-electron chi connectivity index (χ3n) is 3.34. The van der Waals surface area contributed by atoms with Gasteiger partial charge >= 0.3 is 0 Å². The lowest BCUT2D eigenvalue weighted by Crippen LogP contribution is -2.46. The van der Waals surface area contributed by atoms with Crippen LogP contribution in [0.3, 0.4) is 0 Å². The molecule has 0 saturated carbocycles. The van der Waals surface area contributed by atoms with Crippen molar-refractivity contribution in [1.29, 1.82) is 5.26 Å². The van der Waals surface area contributed by atoms with Crippen LogP contribution in [0.15, 0.2) is 24.3 Å². The zero-order chi connectivity index (χ0) is 14.4. The van der Waals surface area contributed by atoms with E-state index < -0.39 is 0 Å². The van der Waals surface area contributed by atoms with Gasteiger partial charge in [0.25, 0.3) is 0 Å². The summed E-state index contributed by atoms with van der Waals surface area (Å²) in [5, 5.41) is 11.9. The van der Waals surface area contributed by atoms with E-state index in [0.29, 0.717) is 5.56 Å². The van der Waals surface area contributed by atoms with Crippen molar-refractivity contribution in [1.82, 2.24) is 5.32 Å². The Morgan fingerprint density at radius 3 is 2.74 bits per heavy atom. The molecule has 2 atom stereocenters. The Kier molecular flexibility index (Phi) is 5.37. The van der Waals surface area contributed by atoms with Crippen LogP contribution in [0.5, 0.6) is 0 Å². The number of hydrogen-bond donors (Lipinski definition) is 1. The maximum absolute atomic E-state index is 12.1. The van der Waals surface area contributed by atoms with Crippen molar-refractivity contribution in [2.24, 2.45) is 0 Å². The molecule has 19 heavy (non-hydrogen) atoms. The molecule has 0 aliphatic carbocycles. The average Bonchev–Trinajstić information content (AvgIpc) is 2.45. The molecule has 1 aromatic carbocycles. The molecule has 1 rings (SSSR count). The number of nitrogens with one attached hydrogen (secondary N) is 1. The first kappa shape index (κ1) is 15.0. The van der Waals surface area contributed by atoms with Crippen molar-refractivity contribution >= 4 is 11.6 Å². The van der Waals surface area contributed by atoms with E-state index in [-0.39, 0.29) is 18.0 Å². The summed E-state index contributed by atoms with van der Waals surface area (Å²) in [7, 11) is 1.86. The molecular weight excluding hydrogens is 238 g/mol. The Labute approximate surface area is 115 Å². The van der Waals surface area contributed by atoms with Crippen molar-refractivity contribution < 1.29 is 4.79 Å². The molecule has 1 amide bonds. The molecule has 1 N–H and O–H groups in total. The van der Waals surface area contributed by atoms with Crippen molar-refractivity contribution in [3.05, 3.63) is 29.8 Å². The van der Waals surface area contributed by atoms with E-state index in [1.165, 1.54) is 0 Å². The van der Waals surface area contributed by atoms with Crippen LogP contribution in [0, 0.1) is 11.3 Å². The molecule has 0 heterocycles. The van der Waals surface area contributed by atoms with Gasteiger partial charge in [0.15, 0.2) is 0 Å². The lowest BCUT2D eigenvalue weighted by molar-refractivity contribution is -0.122. The smallest absolute Gasteiger partial charge is 0.242 e. The first-order valence-corrected chi connectivity index (χ1v) is 6.53. The normalized spacial score (nSPS) is 13.2. The Bertz CT molecular complexity index is 479. The van der Waals surface area contributed by atoms with Gasteiger partial charge in [-0.2, -0.15) is 5.26 Å². The molecule has 0 bridgehead atoms. The number of nitriles is 1. The van der Waals surface area contributed by atoms with E-state index in [2.05, 4.69) is 11.4 Å². The summed E-state index contributed by atoms with van der Waals surface area (Å²) in [6.07, 6.45) is 0.909. The number of carbonyl (C=O) groups is 1. The zero-order valence-electron chi connectivity index (χ0n) is 12.0. The van der Waals surface area contributed by atoms with E-state index in [9.17, 15) is 4.79 Å². The Morgan fingerprint density at radius 1 is 1.47 bits per heavy atom. The van der Waals surface area contributed by atoms with Crippen LogP contribution in [-0.4, -0.2) is 25.0 Å². The highest BCUT2D eigenvalue weighted by Crippen LogP contribution is 2.16. The predicted molar refractivity (Wildman–Crippen MR) is 76.9 cm³/mol. The fourth-order valence-electron chi connectivity index (χ4n) is 1.66. The number of rotatable bonds is 5. The van der Waals surface area contributed by atoms with Crippen LogP contribution < -0.4 is 10.2 Å². The number of anilines is 1. The van der Waals surface area contributed by atoms with Gasteiger partial charge in [0.2, 0.25) is 5.91 Å². The molecule has 0 aromatic heterocycles. The van der Waals surface area contributed by atoms with Gasteiger partial charge in [-0.05, 0) is 38.5 Å². The highest BCUT2D eigenvalue weighted by Gasteiger charge is 2.19. The largest absolute Gasteiger partial charge is 0.363 e. The van der Waals surface area contributed by atoms with Gasteiger partial charge in [0.1, 0.15) is 6.04 Å². The van der Waals surface area contributed by atoms with Crippen molar-refractivity contribution in [3.8, 4) is 6.07 Å². The van der Waals surface area contributed by atoms with Crippen LogP contribution in [0.1, 0.15) is 32.8 Å². The van der Waals surface area contributed by atoms with Gasteiger partial charge in [0.05, 0.1) is 11.6 Å². The molecule has 102 valence electrons. The van der Waals surface area contributed by atoms with Crippen LogP contribution in [0.25, 0.3) is 0 Å². The lowest BCUT2D eigenvalue weighted by atomic mass is 10.1. The quantitative estimate of drug-likeness (QED) is 0.882. The molecule has 0 aliphatic rings.